The number of aldehydes is 1. The number of benzene rings is 1. The van der Waals surface area contributed by atoms with Gasteiger partial charge in [0.2, 0.25) is 5.43 Å². The van der Waals surface area contributed by atoms with Crippen molar-refractivity contribution in [2.24, 2.45) is 0 Å². The van der Waals surface area contributed by atoms with Crippen LogP contribution in [0.1, 0.15) is 9.67 Å². The topological polar surface area (TPSA) is 34.1 Å². The smallest absolute Gasteiger partial charge is 0.202 e. The Morgan fingerprint density at radius 1 is 1.29 bits per heavy atom. The maximum atomic E-state index is 11.7. The molecule has 0 saturated carbocycles. The highest BCUT2D eigenvalue weighted by atomic mass is 127. The lowest BCUT2D eigenvalue weighted by atomic mass is 10.2. The minimum Gasteiger partial charge on any atom is -0.297 e. The fourth-order valence-corrected chi connectivity index (χ4v) is 2.85. The van der Waals surface area contributed by atoms with Gasteiger partial charge in [-0.2, -0.15) is 0 Å². The molecule has 0 fully saturated rings. The molecule has 1 aromatic carbocycles. The molecule has 4 heteroatoms. The summed E-state index contributed by atoms with van der Waals surface area (Å²) in [6, 6.07) is 7.32. The second-order valence-corrected chi connectivity index (χ2v) is 4.89. The lowest BCUT2D eigenvalue weighted by Crippen LogP contribution is -2.07. The summed E-state index contributed by atoms with van der Waals surface area (Å²) in [6.45, 7) is 0. The zero-order valence-electron chi connectivity index (χ0n) is 6.99. The second-order valence-electron chi connectivity index (χ2n) is 2.72. The summed E-state index contributed by atoms with van der Waals surface area (Å²) in [7, 11) is 0. The van der Waals surface area contributed by atoms with Gasteiger partial charge < -0.3 is 0 Å². The number of carbonyl (C=O) groups excluding carboxylic acids is 1. The van der Waals surface area contributed by atoms with Crippen molar-refractivity contribution in [1.29, 1.82) is 0 Å². The highest BCUT2D eigenvalue weighted by molar-refractivity contribution is 14.1. The minimum atomic E-state index is -0.0537. The van der Waals surface area contributed by atoms with Crippen molar-refractivity contribution >= 4 is 50.3 Å². The van der Waals surface area contributed by atoms with Crippen LogP contribution in [0.4, 0.5) is 0 Å². The van der Waals surface area contributed by atoms with Crippen LogP contribution >= 0.6 is 33.9 Å². The summed E-state index contributed by atoms with van der Waals surface area (Å²) in [5.74, 6) is 0. The standard InChI is InChI=1S/C10H5IO2S/c11-9-8(5-12)14-7-4-2-1-3-6(7)10(9)13/h1-5H. The molecule has 0 aliphatic heterocycles. The lowest BCUT2D eigenvalue weighted by molar-refractivity contribution is 0.112. The highest BCUT2D eigenvalue weighted by Gasteiger charge is 2.08. The number of halogens is 1. The first-order valence-corrected chi connectivity index (χ1v) is 5.80. The Labute approximate surface area is 97.7 Å². The van der Waals surface area contributed by atoms with Gasteiger partial charge in [-0.3, -0.25) is 9.59 Å². The van der Waals surface area contributed by atoms with Crippen LogP contribution in [0.3, 0.4) is 0 Å². The van der Waals surface area contributed by atoms with Crippen LogP contribution in [-0.2, 0) is 0 Å². The summed E-state index contributed by atoms with van der Waals surface area (Å²) in [6.07, 6.45) is 0.736. The van der Waals surface area contributed by atoms with Gasteiger partial charge in [0, 0.05) is 10.1 Å². The molecule has 0 radical (unpaired) electrons. The van der Waals surface area contributed by atoms with Crippen LogP contribution in [0.2, 0.25) is 0 Å². The van der Waals surface area contributed by atoms with Crippen molar-refractivity contribution in [3.05, 3.63) is 42.9 Å². The van der Waals surface area contributed by atoms with Gasteiger partial charge in [-0.1, -0.05) is 12.1 Å². The Morgan fingerprint density at radius 2 is 2.00 bits per heavy atom. The molecular formula is C10H5IO2S. The normalized spacial score (nSPS) is 10.4. The van der Waals surface area contributed by atoms with E-state index in [1.54, 1.807) is 6.07 Å². The Kier molecular flexibility index (Phi) is 2.64. The van der Waals surface area contributed by atoms with Crippen LogP contribution in [0.25, 0.3) is 10.1 Å². The molecule has 1 heterocycles. The summed E-state index contributed by atoms with van der Waals surface area (Å²) < 4.78 is 1.38. The van der Waals surface area contributed by atoms with Crippen LogP contribution in [0, 0.1) is 3.57 Å². The zero-order valence-corrected chi connectivity index (χ0v) is 9.96. The van der Waals surface area contributed by atoms with E-state index in [0.717, 1.165) is 11.0 Å². The zero-order chi connectivity index (χ0) is 10.1. The van der Waals surface area contributed by atoms with E-state index in [1.807, 2.05) is 40.8 Å². The van der Waals surface area contributed by atoms with Crippen molar-refractivity contribution in [3.63, 3.8) is 0 Å². The van der Waals surface area contributed by atoms with E-state index in [2.05, 4.69) is 0 Å². The molecule has 0 amide bonds. The molecule has 2 nitrogen and oxygen atoms in total. The van der Waals surface area contributed by atoms with Crippen molar-refractivity contribution in [3.8, 4) is 0 Å². The Hall–Kier alpha value is -0.750. The van der Waals surface area contributed by atoms with Gasteiger partial charge in [0.25, 0.3) is 0 Å². The third-order valence-corrected chi connectivity index (χ3v) is 4.41. The van der Waals surface area contributed by atoms with Crippen molar-refractivity contribution in [1.82, 2.24) is 0 Å². The van der Waals surface area contributed by atoms with Crippen LogP contribution < -0.4 is 5.43 Å². The number of hydrogen-bond acceptors (Lipinski definition) is 3. The van der Waals surface area contributed by atoms with Crippen molar-refractivity contribution < 1.29 is 4.79 Å². The molecule has 0 aliphatic carbocycles. The predicted molar refractivity (Wildman–Crippen MR) is 66.2 cm³/mol. The molecule has 0 aliphatic rings. The molecule has 70 valence electrons. The van der Waals surface area contributed by atoms with E-state index in [9.17, 15) is 9.59 Å². The third-order valence-electron chi connectivity index (χ3n) is 1.87. The molecule has 2 rings (SSSR count). The van der Waals surface area contributed by atoms with E-state index in [4.69, 9.17) is 0 Å². The lowest BCUT2D eigenvalue weighted by Gasteiger charge is -1.98. The SMILES string of the molecule is O=Cc1sc2ccccc2c(=O)c1I. The van der Waals surface area contributed by atoms with Crippen LogP contribution in [0.5, 0.6) is 0 Å². The first-order valence-electron chi connectivity index (χ1n) is 3.90. The molecule has 2 aromatic rings. The molecule has 0 unspecified atom stereocenters. The Bertz CT molecular complexity index is 560. The largest absolute Gasteiger partial charge is 0.297 e. The third kappa shape index (κ3) is 1.48. The van der Waals surface area contributed by atoms with Gasteiger partial charge in [-0.05, 0) is 34.7 Å². The summed E-state index contributed by atoms with van der Waals surface area (Å²) in [5.41, 5.74) is -0.0537. The molecule has 0 spiro atoms. The Balaban J connectivity index is 2.99. The number of fused-ring (bicyclic) bond motifs is 1. The highest BCUT2D eigenvalue weighted by Crippen LogP contribution is 2.21. The van der Waals surface area contributed by atoms with Gasteiger partial charge in [-0.25, -0.2) is 0 Å². The van der Waals surface area contributed by atoms with Crippen LogP contribution in [-0.4, -0.2) is 6.29 Å². The predicted octanol–water partition coefficient (Wildman–Crippen LogP) is 2.68. The van der Waals surface area contributed by atoms with Crippen molar-refractivity contribution in [2.45, 2.75) is 0 Å². The molecule has 1 aromatic heterocycles. The first kappa shape index (κ1) is 9.79. The van der Waals surface area contributed by atoms with E-state index >= 15 is 0 Å². The average Bonchev–Trinajstić information content (AvgIpc) is 2.23. The van der Waals surface area contributed by atoms with Gasteiger partial charge in [0.05, 0.1) is 8.45 Å². The maximum Gasteiger partial charge on any atom is 0.202 e. The van der Waals surface area contributed by atoms with Gasteiger partial charge in [0.1, 0.15) is 0 Å². The van der Waals surface area contributed by atoms with E-state index in [0.29, 0.717) is 13.8 Å². The average molecular weight is 316 g/mol. The van der Waals surface area contributed by atoms with E-state index in [-0.39, 0.29) is 5.43 Å². The minimum absolute atomic E-state index is 0.0537. The molecule has 0 saturated heterocycles. The van der Waals surface area contributed by atoms with Gasteiger partial charge in [0.15, 0.2) is 6.29 Å². The number of rotatable bonds is 1. The molecule has 0 bridgehead atoms. The molecule has 0 atom stereocenters. The molecule has 0 N–H and O–H groups in total. The van der Waals surface area contributed by atoms with E-state index < -0.39 is 0 Å². The summed E-state index contributed by atoms with van der Waals surface area (Å²) in [5, 5.41) is 0.688. The first-order chi connectivity index (χ1) is 6.74. The summed E-state index contributed by atoms with van der Waals surface area (Å²) >= 11 is 3.27. The maximum absolute atomic E-state index is 11.7. The number of hydrogen-bond donors (Lipinski definition) is 0. The van der Waals surface area contributed by atoms with Gasteiger partial charge >= 0.3 is 0 Å². The number of carbonyl (C=O) groups is 1. The van der Waals surface area contributed by atoms with Crippen LogP contribution in [0.15, 0.2) is 29.1 Å². The Morgan fingerprint density at radius 3 is 2.71 bits per heavy atom. The van der Waals surface area contributed by atoms with E-state index in [1.165, 1.54) is 11.3 Å². The van der Waals surface area contributed by atoms with Crippen molar-refractivity contribution in [2.75, 3.05) is 0 Å². The molecule has 14 heavy (non-hydrogen) atoms. The monoisotopic (exact) mass is 316 g/mol. The quantitative estimate of drug-likeness (QED) is 0.599. The molecular weight excluding hydrogens is 311 g/mol. The summed E-state index contributed by atoms with van der Waals surface area (Å²) in [4.78, 5) is 22.9. The fraction of sp³-hybridized carbons (Fsp3) is 0. The van der Waals surface area contributed by atoms with Gasteiger partial charge in [-0.15, -0.1) is 11.3 Å². The fourth-order valence-electron chi connectivity index (χ4n) is 1.21. The second kappa shape index (κ2) is 3.78.